The Kier molecular flexibility index (Phi) is 5.70. The first-order valence-corrected chi connectivity index (χ1v) is 8.38. The molecule has 20 heavy (non-hydrogen) atoms. The number of hydrogen-bond acceptors (Lipinski definition) is 2. The van der Waals surface area contributed by atoms with Gasteiger partial charge in [-0.3, -0.25) is 0 Å². The second kappa shape index (κ2) is 7.30. The summed E-state index contributed by atoms with van der Waals surface area (Å²) in [7, 11) is 0. The highest BCUT2D eigenvalue weighted by Crippen LogP contribution is 2.31. The topological polar surface area (TPSA) is 41.6 Å². The highest BCUT2D eigenvalue weighted by atomic mass is 16.5. The quantitative estimate of drug-likeness (QED) is 0.863. The van der Waals surface area contributed by atoms with Crippen molar-refractivity contribution in [2.45, 2.75) is 76.9 Å². The minimum Gasteiger partial charge on any atom is -0.375 e. The number of urea groups is 1. The molecule has 2 saturated heterocycles. The summed E-state index contributed by atoms with van der Waals surface area (Å²) in [6.07, 6.45) is 8.77. The lowest BCUT2D eigenvalue weighted by molar-refractivity contribution is -0.0918. The average Bonchev–Trinajstić information content (AvgIpc) is 2.76. The van der Waals surface area contributed by atoms with Crippen molar-refractivity contribution < 1.29 is 9.53 Å². The molecular formula is C16H30N2O2. The molecule has 1 atom stereocenters. The van der Waals surface area contributed by atoms with Crippen LogP contribution in [-0.4, -0.2) is 42.3 Å². The maximum Gasteiger partial charge on any atom is 0.317 e. The van der Waals surface area contributed by atoms with Crippen LogP contribution in [0.4, 0.5) is 4.79 Å². The third-order valence-corrected chi connectivity index (χ3v) is 5.00. The van der Waals surface area contributed by atoms with Crippen molar-refractivity contribution >= 4 is 6.03 Å². The third-order valence-electron chi connectivity index (χ3n) is 5.00. The molecule has 2 heterocycles. The molecule has 0 saturated carbocycles. The number of ether oxygens (including phenoxy) is 1. The largest absolute Gasteiger partial charge is 0.375 e. The van der Waals surface area contributed by atoms with Gasteiger partial charge in [0, 0.05) is 25.7 Å². The van der Waals surface area contributed by atoms with Crippen molar-refractivity contribution in [3.8, 4) is 0 Å². The molecule has 116 valence electrons. The van der Waals surface area contributed by atoms with Gasteiger partial charge in [-0.2, -0.15) is 0 Å². The van der Waals surface area contributed by atoms with Crippen LogP contribution in [0.15, 0.2) is 0 Å². The molecule has 2 fully saturated rings. The van der Waals surface area contributed by atoms with Crippen LogP contribution in [0.5, 0.6) is 0 Å². The molecule has 0 aromatic rings. The van der Waals surface area contributed by atoms with Crippen molar-refractivity contribution in [3.63, 3.8) is 0 Å². The van der Waals surface area contributed by atoms with Gasteiger partial charge in [-0.1, -0.05) is 26.7 Å². The normalized spacial score (nSPS) is 26.9. The Bertz CT molecular complexity index is 308. The van der Waals surface area contributed by atoms with E-state index < -0.39 is 0 Å². The number of carbonyl (C=O) groups excluding carboxylic acids is 1. The van der Waals surface area contributed by atoms with Crippen molar-refractivity contribution in [2.24, 2.45) is 0 Å². The molecule has 1 N–H and O–H groups in total. The van der Waals surface area contributed by atoms with E-state index in [1.165, 1.54) is 12.8 Å². The Hall–Kier alpha value is -0.770. The van der Waals surface area contributed by atoms with E-state index in [1.54, 1.807) is 0 Å². The SMILES string of the molecule is CCC1(CC)CC(NC(=O)N2CCCCCC2)CCO1. The van der Waals surface area contributed by atoms with E-state index in [2.05, 4.69) is 19.2 Å². The van der Waals surface area contributed by atoms with E-state index in [0.717, 1.165) is 58.2 Å². The van der Waals surface area contributed by atoms with Crippen LogP contribution in [0.25, 0.3) is 0 Å². The maximum atomic E-state index is 12.4. The number of amides is 2. The first-order chi connectivity index (χ1) is 9.69. The zero-order valence-electron chi connectivity index (χ0n) is 13.1. The Morgan fingerprint density at radius 1 is 1.20 bits per heavy atom. The summed E-state index contributed by atoms with van der Waals surface area (Å²) in [5.41, 5.74) is -0.0189. The number of rotatable bonds is 3. The van der Waals surface area contributed by atoms with Gasteiger partial charge >= 0.3 is 6.03 Å². The van der Waals surface area contributed by atoms with Crippen molar-refractivity contribution in [1.29, 1.82) is 0 Å². The predicted molar refractivity (Wildman–Crippen MR) is 80.9 cm³/mol. The summed E-state index contributed by atoms with van der Waals surface area (Å²) >= 11 is 0. The molecule has 4 nitrogen and oxygen atoms in total. The van der Waals surface area contributed by atoms with E-state index in [0.29, 0.717) is 0 Å². The number of hydrogen-bond donors (Lipinski definition) is 1. The number of nitrogens with zero attached hydrogens (tertiary/aromatic N) is 1. The van der Waals surface area contributed by atoms with Crippen LogP contribution >= 0.6 is 0 Å². The summed E-state index contributed by atoms with van der Waals surface area (Å²) in [6, 6.07) is 0.416. The van der Waals surface area contributed by atoms with Gasteiger partial charge in [0.2, 0.25) is 0 Å². The van der Waals surface area contributed by atoms with E-state index in [4.69, 9.17) is 4.74 Å². The summed E-state index contributed by atoms with van der Waals surface area (Å²) in [6.45, 7) is 6.97. The Morgan fingerprint density at radius 2 is 1.85 bits per heavy atom. The fourth-order valence-electron chi connectivity index (χ4n) is 3.43. The lowest BCUT2D eigenvalue weighted by Gasteiger charge is -2.40. The molecule has 0 radical (unpaired) electrons. The average molecular weight is 282 g/mol. The van der Waals surface area contributed by atoms with Gasteiger partial charge in [0.25, 0.3) is 0 Å². The molecular weight excluding hydrogens is 252 g/mol. The van der Waals surface area contributed by atoms with Gasteiger partial charge in [-0.05, 0) is 38.5 Å². The Morgan fingerprint density at radius 3 is 2.45 bits per heavy atom. The van der Waals surface area contributed by atoms with Gasteiger partial charge in [0.05, 0.1) is 5.60 Å². The molecule has 0 bridgehead atoms. The summed E-state index contributed by atoms with van der Waals surface area (Å²) in [5, 5.41) is 3.25. The number of nitrogens with one attached hydrogen (secondary N) is 1. The standard InChI is InChI=1S/C16H30N2O2/c1-3-16(4-2)13-14(9-12-20-16)17-15(19)18-10-7-5-6-8-11-18/h14H,3-13H2,1-2H3,(H,17,19). The van der Waals surface area contributed by atoms with Gasteiger partial charge in [0.15, 0.2) is 0 Å². The summed E-state index contributed by atoms with van der Waals surface area (Å²) in [5.74, 6) is 0. The molecule has 0 aromatic heterocycles. The molecule has 0 spiro atoms. The third kappa shape index (κ3) is 3.87. The second-order valence-electron chi connectivity index (χ2n) is 6.28. The van der Waals surface area contributed by atoms with Crippen molar-refractivity contribution in [3.05, 3.63) is 0 Å². The smallest absolute Gasteiger partial charge is 0.317 e. The van der Waals surface area contributed by atoms with Crippen molar-refractivity contribution in [1.82, 2.24) is 10.2 Å². The zero-order chi connectivity index (χ0) is 14.4. The van der Waals surface area contributed by atoms with Crippen LogP contribution in [-0.2, 0) is 4.74 Å². The highest BCUT2D eigenvalue weighted by Gasteiger charge is 2.35. The second-order valence-corrected chi connectivity index (χ2v) is 6.28. The monoisotopic (exact) mass is 282 g/mol. The van der Waals surface area contributed by atoms with E-state index >= 15 is 0 Å². The fraction of sp³-hybridized carbons (Fsp3) is 0.938. The molecule has 2 rings (SSSR count). The Labute approximate surface area is 123 Å². The summed E-state index contributed by atoms with van der Waals surface area (Å²) in [4.78, 5) is 14.4. The van der Waals surface area contributed by atoms with Crippen LogP contribution in [0.1, 0.15) is 65.2 Å². The van der Waals surface area contributed by atoms with Gasteiger partial charge in [-0.25, -0.2) is 4.79 Å². The van der Waals surface area contributed by atoms with E-state index in [9.17, 15) is 4.79 Å². The van der Waals surface area contributed by atoms with Crippen LogP contribution < -0.4 is 5.32 Å². The first kappa shape index (κ1) is 15.6. The predicted octanol–water partition coefficient (Wildman–Crippen LogP) is 3.31. The minimum absolute atomic E-state index is 0.0189. The highest BCUT2D eigenvalue weighted by molar-refractivity contribution is 5.74. The van der Waals surface area contributed by atoms with E-state index in [1.807, 2.05) is 4.90 Å². The van der Waals surface area contributed by atoms with Gasteiger partial charge in [-0.15, -0.1) is 0 Å². The van der Waals surface area contributed by atoms with Crippen LogP contribution in [0, 0.1) is 0 Å². The zero-order valence-corrected chi connectivity index (χ0v) is 13.1. The van der Waals surface area contributed by atoms with Gasteiger partial charge in [0.1, 0.15) is 0 Å². The molecule has 2 aliphatic rings. The number of carbonyl (C=O) groups is 1. The lowest BCUT2D eigenvalue weighted by atomic mass is 9.86. The molecule has 2 aliphatic heterocycles. The molecule has 4 heteroatoms. The van der Waals surface area contributed by atoms with Crippen LogP contribution in [0.3, 0.4) is 0 Å². The fourth-order valence-corrected chi connectivity index (χ4v) is 3.43. The first-order valence-electron chi connectivity index (χ1n) is 8.38. The maximum absolute atomic E-state index is 12.4. The van der Waals surface area contributed by atoms with Crippen LogP contribution in [0.2, 0.25) is 0 Å². The molecule has 0 aliphatic carbocycles. The molecule has 2 amide bonds. The summed E-state index contributed by atoms with van der Waals surface area (Å²) < 4.78 is 5.98. The van der Waals surface area contributed by atoms with Gasteiger partial charge < -0.3 is 15.0 Å². The number of likely N-dealkylation sites (tertiary alicyclic amines) is 1. The Balaban J connectivity index is 1.86. The molecule has 1 unspecified atom stereocenters. The molecule has 0 aromatic carbocycles. The lowest BCUT2D eigenvalue weighted by Crippen LogP contribution is -2.51. The van der Waals surface area contributed by atoms with Crippen molar-refractivity contribution in [2.75, 3.05) is 19.7 Å². The minimum atomic E-state index is -0.0189. The van der Waals surface area contributed by atoms with E-state index in [-0.39, 0.29) is 17.7 Å².